The third-order valence-corrected chi connectivity index (χ3v) is 2.44. The molecule has 104 valence electrons. The van der Waals surface area contributed by atoms with Crippen molar-refractivity contribution < 1.29 is 18.7 Å². The fourth-order valence-corrected chi connectivity index (χ4v) is 1.35. The molecule has 6 nitrogen and oxygen atoms in total. The van der Waals surface area contributed by atoms with Crippen LogP contribution in [0.25, 0.3) is 0 Å². The molecule has 0 aliphatic rings. The number of benzene rings is 1. The first-order valence-electron chi connectivity index (χ1n) is 5.60. The number of ether oxygens (including phenoxy) is 1. The number of halogens is 1. The van der Waals surface area contributed by atoms with Crippen molar-refractivity contribution >= 4 is 12.1 Å². The topological polar surface area (TPSA) is 98.6 Å². The van der Waals surface area contributed by atoms with E-state index in [1.165, 1.54) is 19.2 Å². The average molecular weight is 269 g/mol. The Morgan fingerprint density at radius 2 is 1.95 bits per heavy atom. The van der Waals surface area contributed by atoms with Gasteiger partial charge in [-0.25, -0.2) is 18.9 Å². The van der Waals surface area contributed by atoms with Gasteiger partial charge in [0, 0.05) is 13.1 Å². The molecule has 1 aromatic carbocycles. The molecule has 0 aliphatic heterocycles. The second kappa shape index (κ2) is 6.69. The Labute approximate surface area is 110 Å². The molecule has 0 heterocycles. The summed E-state index contributed by atoms with van der Waals surface area (Å²) in [6.07, 6.45) is -0.435. The minimum absolute atomic E-state index is 0.0617. The number of imide groups is 1. The van der Waals surface area contributed by atoms with E-state index in [2.05, 4.69) is 0 Å². The molecule has 0 saturated heterocycles. The minimum atomic E-state index is -0.905. The Morgan fingerprint density at radius 3 is 2.47 bits per heavy atom. The Hall–Kier alpha value is -2.15. The van der Waals surface area contributed by atoms with E-state index in [1.54, 1.807) is 12.1 Å². The molecule has 0 unspecified atom stereocenters. The summed E-state index contributed by atoms with van der Waals surface area (Å²) in [6, 6.07) is 4.51. The summed E-state index contributed by atoms with van der Waals surface area (Å²) >= 11 is 0. The van der Waals surface area contributed by atoms with E-state index in [9.17, 15) is 14.0 Å². The van der Waals surface area contributed by atoms with Gasteiger partial charge in [-0.3, -0.25) is 0 Å². The summed E-state index contributed by atoms with van der Waals surface area (Å²) in [4.78, 5) is 22.6. The second-order valence-corrected chi connectivity index (χ2v) is 4.06. The number of amides is 3. The summed E-state index contributed by atoms with van der Waals surface area (Å²) < 4.78 is 17.5. The van der Waals surface area contributed by atoms with Crippen LogP contribution >= 0.6 is 0 Å². The molecule has 19 heavy (non-hydrogen) atoms. The zero-order chi connectivity index (χ0) is 14.4. The van der Waals surface area contributed by atoms with Crippen molar-refractivity contribution in [3.63, 3.8) is 0 Å². The summed E-state index contributed by atoms with van der Waals surface area (Å²) in [5.74, 6) is -0.327. The zero-order valence-electron chi connectivity index (χ0n) is 10.5. The van der Waals surface area contributed by atoms with Crippen molar-refractivity contribution in [2.24, 2.45) is 11.5 Å². The van der Waals surface area contributed by atoms with Crippen molar-refractivity contribution in [2.75, 3.05) is 13.7 Å². The molecule has 1 rings (SSSR count). The molecule has 0 saturated carbocycles. The Bertz CT molecular complexity index is 450. The quantitative estimate of drug-likeness (QED) is 0.846. The largest absolute Gasteiger partial charge is 0.447 e. The van der Waals surface area contributed by atoms with Gasteiger partial charge in [0.25, 0.3) is 0 Å². The van der Waals surface area contributed by atoms with Crippen molar-refractivity contribution in [3.8, 4) is 0 Å². The number of hydrogen-bond donors (Lipinski definition) is 2. The van der Waals surface area contributed by atoms with Gasteiger partial charge in [-0.05, 0) is 24.1 Å². The lowest BCUT2D eigenvalue weighted by Crippen LogP contribution is -2.40. The smallest absolute Gasteiger partial charge is 0.417 e. The van der Waals surface area contributed by atoms with Crippen molar-refractivity contribution in [2.45, 2.75) is 12.5 Å². The Morgan fingerprint density at radius 1 is 1.37 bits per heavy atom. The molecule has 0 bridgehead atoms. The third kappa shape index (κ3) is 4.92. The fraction of sp³-hybridized carbons (Fsp3) is 0.333. The van der Waals surface area contributed by atoms with E-state index >= 15 is 0 Å². The molecule has 3 amide bonds. The van der Waals surface area contributed by atoms with Gasteiger partial charge >= 0.3 is 12.1 Å². The molecule has 0 aliphatic carbocycles. The van der Waals surface area contributed by atoms with E-state index in [-0.39, 0.29) is 12.4 Å². The lowest BCUT2D eigenvalue weighted by molar-refractivity contribution is 0.112. The molecule has 7 heteroatoms. The number of nitrogens with zero attached hydrogens (tertiary/aromatic N) is 1. The summed E-state index contributed by atoms with van der Waals surface area (Å²) in [5.41, 5.74) is 11.5. The van der Waals surface area contributed by atoms with Crippen LogP contribution in [0.4, 0.5) is 14.0 Å². The van der Waals surface area contributed by atoms with Crippen molar-refractivity contribution in [1.29, 1.82) is 0 Å². The van der Waals surface area contributed by atoms with E-state index in [4.69, 9.17) is 16.2 Å². The number of carbonyl (C=O) groups is 2. The number of carbonyl (C=O) groups excluding carboxylic acids is 2. The lowest BCUT2D eigenvalue weighted by Gasteiger charge is -2.16. The van der Waals surface area contributed by atoms with E-state index in [0.717, 1.165) is 5.56 Å². The van der Waals surface area contributed by atoms with Gasteiger partial charge in [-0.15, -0.1) is 0 Å². The number of primary amides is 1. The zero-order valence-corrected chi connectivity index (χ0v) is 10.5. The van der Waals surface area contributed by atoms with Crippen molar-refractivity contribution in [3.05, 3.63) is 35.6 Å². The van der Waals surface area contributed by atoms with Gasteiger partial charge in [0.05, 0.1) is 0 Å². The maximum atomic E-state index is 12.7. The Balaban J connectivity index is 2.39. The predicted molar refractivity (Wildman–Crippen MR) is 66.8 cm³/mol. The normalized spacial score (nSPS) is 11.7. The molecule has 0 aromatic heterocycles. The van der Waals surface area contributed by atoms with Crippen LogP contribution in [-0.2, 0) is 11.2 Å². The van der Waals surface area contributed by atoms with Crippen LogP contribution in [-0.4, -0.2) is 36.7 Å². The summed E-state index contributed by atoms with van der Waals surface area (Å²) in [5, 5.41) is 0. The van der Waals surface area contributed by atoms with Crippen LogP contribution < -0.4 is 11.5 Å². The van der Waals surface area contributed by atoms with Crippen LogP contribution in [0, 0.1) is 5.82 Å². The van der Waals surface area contributed by atoms with Gasteiger partial charge in [0.15, 0.2) is 0 Å². The van der Waals surface area contributed by atoms with Crippen LogP contribution in [0.2, 0.25) is 0 Å². The number of hydrogen-bond acceptors (Lipinski definition) is 4. The molecule has 4 N–H and O–H groups in total. The monoisotopic (exact) mass is 269 g/mol. The van der Waals surface area contributed by atoms with Crippen molar-refractivity contribution in [1.82, 2.24) is 4.90 Å². The van der Waals surface area contributed by atoms with Crippen LogP contribution in [0.5, 0.6) is 0 Å². The maximum Gasteiger partial charge on any atom is 0.417 e. The highest BCUT2D eigenvalue weighted by atomic mass is 19.1. The van der Waals surface area contributed by atoms with E-state index < -0.39 is 18.2 Å². The summed E-state index contributed by atoms with van der Waals surface area (Å²) in [6.45, 7) is -0.0617. The van der Waals surface area contributed by atoms with E-state index in [1.807, 2.05) is 0 Å². The Kier molecular flexibility index (Phi) is 5.25. The van der Waals surface area contributed by atoms with Gasteiger partial charge in [0.2, 0.25) is 0 Å². The third-order valence-electron chi connectivity index (χ3n) is 2.44. The van der Waals surface area contributed by atoms with Gasteiger partial charge < -0.3 is 16.2 Å². The van der Waals surface area contributed by atoms with Crippen LogP contribution in [0.3, 0.4) is 0 Å². The maximum absolute atomic E-state index is 12.7. The van der Waals surface area contributed by atoms with E-state index in [0.29, 0.717) is 11.3 Å². The number of rotatable bonds is 4. The molecule has 1 aromatic rings. The molecular formula is C12H16FN3O3. The lowest BCUT2D eigenvalue weighted by atomic mass is 10.1. The summed E-state index contributed by atoms with van der Waals surface area (Å²) in [7, 11) is 1.20. The first-order valence-corrected chi connectivity index (χ1v) is 5.60. The molecular weight excluding hydrogens is 253 g/mol. The minimum Gasteiger partial charge on any atom is -0.447 e. The molecule has 0 fully saturated rings. The first-order chi connectivity index (χ1) is 8.90. The van der Waals surface area contributed by atoms with Gasteiger partial charge in [0.1, 0.15) is 12.4 Å². The van der Waals surface area contributed by atoms with Gasteiger partial charge in [-0.2, -0.15) is 0 Å². The fourth-order valence-electron chi connectivity index (χ4n) is 1.35. The first kappa shape index (κ1) is 14.9. The highest BCUT2D eigenvalue weighted by Gasteiger charge is 2.16. The van der Waals surface area contributed by atoms with Gasteiger partial charge in [-0.1, -0.05) is 12.1 Å². The molecule has 0 radical (unpaired) electrons. The number of nitrogens with two attached hydrogens (primary N) is 2. The SMILES string of the molecule is CN(C(N)=O)C(=O)OC[C@H](N)Cc1ccc(F)cc1. The highest BCUT2D eigenvalue weighted by molar-refractivity contribution is 5.89. The van der Waals surface area contributed by atoms with Crippen LogP contribution in [0.1, 0.15) is 5.56 Å². The number of urea groups is 1. The second-order valence-electron chi connectivity index (χ2n) is 4.06. The standard InChI is InChI=1S/C12H16FN3O3/c1-16(11(15)17)12(18)19-7-10(14)6-8-2-4-9(13)5-3-8/h2-5,10H,6-7,14H2,1H3,(H2,15,17)/t10-/m1/s1. The highest BCUT2D eigenvalue weighted by Crippen LogP contribution is 2.05. The molecule has 0 spiro atoms. The average Bonchev–Trinajstić information content (AvgIpc) is 2.37. The predicted octanol–water partition coefficient (Wildman–Crippen LogP) is 0.843. The molecule has 1 atom stereocenters. The van der Waals surface area contributed by atoms with Crippen LogP contribution in [0.15, 0.2) is 24.3 Å².